The second-order valence-electron chi connectivity index (χ2n) is 4.62. The van der Waals surface area contributed by atoms with Gasteiger partial charge in [-0.25, -0.2) is 0 Å². The number of aromatic nitrogens is 1. The van der Waals surface area contributed by atoms with Crippen molar-refractivity contribution in [3.63, 3.8) is 0 Å². The maximum Gasteiger partial charge on any atom is 0.313 e. The number of nitrogens with zero attached hydrogens (tertiary/aromatic N) is 1. The summed E-state index contributed by atoms with van der Waals surface area (Å²) < 4.78 is 5.15. The van der Waals surface area contributed by atoms with Crippen LogP contribution >= 0.6 is 11.6 Å². The Morgan fingerprint density at radius 2 is 2.37 bits per heavy atom. The zero-order valence-corrected chi connectivity index (χ0v) is 11.0. The van der Waals surface area contributed by atoms with Crippen molar-refractivity contribution in [2.24, 2.45) is 5.41 Å². The van der Waals surface area contributed by atoms with Crippen molar-refractivity contribution in [3.8, 4) is 0 Å². The first-order valence-corrected chi connectivity index (χ1v) is 6.05. The Morgan fingerprint density at radius 1 is 1.63 bits per heavy atom. The number of carbonyl (C=O) groups excluding carboxylic acids is 1. The third-order valence-corrected chi connectivity index (χ3v) is 3.44. The van der Waals surface area contributed by atoms with Crippen molar-refractivity contribution >= 4 is 23.5 Å². The lowest BCUT2D eigenvalue weighted by Gasteiger charge is -2.25. The normalized spacial score (nSPS) is 26.1. The number of nitrogens with one attached hydrogen (secondary N) is 1. The van der Waals surface area contributed by atoms with E-state index in [1.165, 1.54) is 12.3 Å². The van der Waals surface area contributed by atoms with Crippen LogP contribution in [0, 0.1) is 5.41 Å². The van der Waals surface area contributed by atoms with Crippen molar-refractivity contribution < 1.29 is 19.4 Å². The van der Waals surface area contributed by atoms with Gasteiger partial charge in [0.1, 0.15) is 11.1 Å². The quantitative estimate of drug-likeness (QED) is 0.863. The minimum absolute atomic E-state index is 0.0657. The van der Waals surface area contributed by atoms with Crippen LogP contribution in [0.25, 0.3) is 0 Å². The first-order chi connectivity index (χ1) is 8.93. The summed E-state index contributed by atoms with van der Waals surface area (Å²) in [6.07, 6.45) is 1.42. The van der Waals surface area contributed by atoms with E-state index in [2.05, 4.69) is 10.3 Å². The fourth-order valence-electron chi connectivity index (χ4n) is 1.85. The molecule has 2 N–H and O–H groups in total. The molecule has 2 unspecified atom stereocenters. The van der Waals surface area contributed by atoms with Crippen molar-refractivity contribution in [2.45, 2.75) is 13.0 Å². The molecule has 0 saturated carbocycles. The third-order valence-electron chi connectivity index (χ3n) is 3.20. The van der Waals surface area contributed by atoms with E-state index in [9.17, 15) is 14.7 Å². The second-order valence-corrected chi connectivity index (χ2v) is 5.06. The molecule has 2 heterocycles. The van der Waals surface area contributed by atoms with Gasteiger partial charge in [-0.05, 0) is 19.1 Å². The number of hydrogen-bond donors (Lipinski definition) is 2. The number of pyridine rings is 1. The van der Waals surface area contributed by atoms with Crippen molar-refractivity contribution in [1.29, 1.82) is 0 Å². The number of rotatable bonds is 3. The highest BCUT2D eigenvalue weighted by atomic mass is 35.5. The van der Waals surface area contributed by atoms with Gasteiger partial charge in [-0.3, -0.25) is 14.6 Å². The van der Waals surface area contributed by atoms with Crippen LogP contribution in [-0.2, 0) is 9.53 Å². The van der Waals surface area contributed by atoms with Gasteiger partial charge in [0, 0.05) is 11.2 Å². The minimum Gasteiger partial charge on any atom is -0.481 e. The summed E-state index contributed by atoms with van der Waals surface area (Å²) in [5, 5.41) is 12.2. The summed E-state index contributed by atoms with van der Waals surface area (Å²) >= 11 is 5.77. The predicted molar refractivity (Wildman–Crippen MR) is 67.1 cm³/mol. The van der Waals surface area contributed by atoms with Crippen LogP contribution < -0.4 is 5.32 Å². The molecule has 1 aromatic heterocycles. The van der Waals surface area contributed by atoms with Gasteiger partial charge in [-0.15, -0.1) is 0 Å². The molecule has 0 aromatic carbocycles. The Kier molecular flexibility index (Phi) is 3.73. The zero-order chi connectivity index (χ0) is 14.0. The number of aliphatic carboxylic acids is 1. The highest BCUT2D eigenvalue weighted by Gasteiger charge is 2.47. The molecule has 6 nitrogen and oxygen atoms in total. The lowest BCUT2D eigenvalue weighted by Crippen LogP contribution is -2.49. The fraction of sp³-hybridized carbons (Fsp3) is 0.417. The minimum atomic E-state index is -1.13. The van der Waals surface area contributed by atoms with Crippen LogP contribution in [0.3, 0.4) is 0 Å². The number of amides is 1. The maximum atomic E-state index is 12.0. The van der Waals surface area contributed by atoms with Gasteiger partial charge >= 0.3 is 5.97 Å². The van der Waals surface area contributed by atoms with E-state index in [0.717, 1.165) is 0 Å². The Hall–Kier alpha value is -1.66. The average molecular weight is 285 g/mol. The summed E-state index contributed by atoms with van der Waals surface area (Å²) in [6.45, 7) is 1.77. The van der Waals surface area contributed by atoms with Crippen molar-refractivity contribution in [2.75, 3.05) is 13.2 Å². The van der Waals surface area contributed by atoms with Crippen LogP contribution in [-0.4, -0.2) is 41.2 Å². The molecule has 102 valence electrons. The largest absolute Gasteiger partial charge is 0.481 e. The van der Waals surface area contributed by atoms with Crippen LogP contribution in [0.5, 0.6) is 0 Å². The number of hydrogen-bond acceptors (Lipinski definition) is 4. The molecular formula is C12H13ClN2O4. The Morgan fingerprint density at radius 3 is 3.00 bits per heavy atom. The third kappa shape index (κ3) is 2.69. The summed E-state index contributed by atoms with van der Waals surface area (Å²) in [6, 6.07) is 2.38. The predicted octanol–water partition coefficient (Wildman–Crippen LogP) is 0.954. The summed E-state index contributed by atoms with van der Waals surface area (Å²) in [7, 11) is 0. The topological polar surface area (TPSA) is 88.5 Å². The van der Waals surface area contributed by atoms with E-state index in [0.29, 0.717) is 5.02 Å². The zero-order valence-electron chi connectivity index (χ0n) is 10.2. The van der Waals surface area contributed by atoms with Gasteiger partial charge in [0.2, 0.25) is 0 Å². The summed E-state index contributed by atoms with van der Waals surface area (Å²) in [5.74, 6) is -1.47. The molecule has 1 aromatic rings. The number of ether oxygens (including phenoxy) is 1. The van der Waals surface area contributed by atoms with Crippen molar-refractivity contribution in [3.05, 3.63) is 29.0 Å². The fourth-order valence-corrected chi connectivity index (χ4v) is 2.01. The number of carbonyl (C=O) groups is 2. The molecule has 2 atom stereocenters. The van der Waals surface area contributed by atoms with E-state index in [1.54, 1.807) is 13.0 Å². The van der Waals surface area contributed by atoms with Crippen LogP contribution in [0.15, 0.2) is 18.3 Å². The number of halogens is 1. The van der Waals surface area contributed by atoms with Crippen LogP contribution in [0.2, 0.25) is 5.02 Å². The lowest BCUT2D eigenvalue weighted by molar-refractivity contribution is -0.148. The standard InChI is InChI=1S/C12H13ClN2O4/c1-12(11(17)18)6-19-5-9(12)15-10(16)8-4-7(13)2-3-14-8/h2-4,9H,5-6H2,1H3,(H,15,16)(H,17,18). The highest BCUT2D eigenvalue weighted by molar-refractivity contribution is 6.30. The first kappa shape index (κ1) is 13.8. The summed E-state index contributed by atoms with van der Waals surface area (Å²) in [4.78, 5) is 27.1. The van der Waals surface area contributed by atoms with E-state index >= 15 is 0 Å². The van der Waals surface area contributed by atoms with E-state index in [-0.39, 0.29) is 18.9 Å². The maximum absolute atomic E-state index is 12.0. The van der Waals surface area contributed by atoms with Gasteiger partial charge in [-0.1, -0.05) is 11.6 Å². The van der Waals surface area contributed by atoms with E-state index < -0.39 is 23.3 Å². The highest BCUT2D eigenvalue weighted by Crippen LogP contribution is 2.28. The molecule has 0 bridgehead atoms. The van der Waals surface area contributed by atoms with Crippen molar-refractivity contribution in [1.82, 2.24) is 10.3 Å². The van der Waals surface area contributed by atoms with Gasteiger partial charge < -0.3 is 15.2 Å². The molecule has 0 aliphatic carbocycles. The molecule has 1 amide bonds. The Balaban J connectivity index is 2.13. The molecule has 7 heteroatoms. The Bertz CT molecular complexity index is 522. The van der Waals surface area contributed by atoms with Gasteiger partial charge in [0.15, 0.2) is 0 Å². The van der Waals surface area contributed by atoms with E-state index in [4.69, 9.17) is 16.3 Å². The van der Waals surface area contributed by atoms with Crippen LogP contribution in [0.1, 0.15) is 17.4 Å². The second kappa shape index (κ2) is 5.14. The smallest absolute Gasteiger partial charge is 0.313 e. The average Bonchev–Trinajstić information content (AvgIpc) is 2.72. The molecule has 0 radical (unpaired) electrons. The van der Waals surface area contributed by atoms with Crippen LogP contribution in [0.4, 0.5) is 0 Å². The summed E-state index contributed by atoms with van der Waals surface area (Å²) in [5.41, 5.74) is -0.985. The van der Waals surface area contributed by atoms with Gasteiger partial charge in [0.05, 0.1) is 19.3 Å². The number of carboxylic acids is 1. The first-order valence-electron chi connectivity index (χ1n) is 5.67. The molecule has 1 aliphatic heterocycles. The molecule has 19 heavy (non-hydrogen) atoms. The van der Waals surface area contributed by atoms with Gasteiger partial charge in [-0.2, -0.15) is 0 Å². The Labute approximate surface area is 114 Å². The number of carboxylic acid groups (broad SMARTS) is 1. The monoisotopic (exact) mass is 284 g/mol. The van der Waals surface area contributed by atoms with E-state index in [1.807, 2.05) is 0 Å². The SMILES string of the molecule is CC1(C(=O)O)COCC1NC(=O)c1cc(Cl)ccn1. The lowest BCUT2D eigenvalue weighted by atomic mass is 9.85. The molecule has 1 saturated heterocycles. The molecule has 1 fully saturated rings. The van der Waals surface area contributed by atoms with Gasteiger partial charge in [0.25, 0.3) is 5.91 Å². The molecule has 0 spiro atoms. The molecule has 2 rings (SSSR count). The molecular weight excluding hydrogens is 272 g/mol. The molecule has 1 aliphatic rings.